The second kappa shape index (κ2) is 4.33. The van der Waals surface area contributed by atoms with E-state index in [0.717, 1.165) is 11.1 Å². The molecule has 1 aliphatic heterocycles. The average Bonchev–Trinajstić information content (AvgIpc) is 2.39. The van der Waals surface area contributed by atoms with Gasteiger partial charge in [-0.05, 0) is 20.9 Å². The second-order valence-electron chi connectivity index (χ2n) is 3.42. The van der Waals surface area contributed by atoms with Crippen LogP contribution >= 0.6 is 11.8 Å². The van der Waals surface area contributed by atoms with Gasteiger partial charge in [0.2, 0.25) is 0 Å². The Morgan fingerprint density at radius 3 is 2.82 bits per heavy atom. The van der Waals surface area contributed by atoms with E-state index in [0.29, 0.717) is 6.04 Å². The molecule has 0 saturated carbocycles. The lowest BCUT2D eigenvalue weighted by atomic mass is 10.3. The molecule has 1 atom stereocenters. The quantitative estimate of drug-likeness (QED) is 0.687. The molecular weight excluding hydrogens is 156 g/mol. The van der Waals surface area contributed by atoms with Crippen molar-refractivity contribution < 1.29 is 0 Å². The SMILES string of the molecule is CC(C)N(C)CC1CNCS1. The Labute approximate surface area is 73.7 Å². The van der Waals surface area contributed by atoms with Crippen molar-refractivity contribution in [2.45, 2.75) is 25.1 Å². The van der Waals surface area contributed by atoms with Crippen molar-refractivity contribution in [3.05, 3.63) is 0 Å². The Hall–Kier alpha value is 0.270. The van der Waals surface area contributed by atoms with Gasteiger partial charge in [-0.15, -0.1) is 11.8 Å². The normalized spacial score (nSPS) is 25.4. The maximum atomic E-state index is 3.35. The molecule has 1 fully saturated rings. The first-order chi connectivity index (χ1) is 5.20. The van der Waals surface area contributed by atoms with Crippen molar-refractivity contribution in [3.8, 4) is 0 Å². The Morgan fingerprint density at radius 2 is 2.36 bits per heavy atom. The molecule has 0 spiro atoms. The zero-order chi connectivity index (χ0) is 8.27. The van der Waals surface area contributed by atoms with Gasteiger partial charge in [0.1, 0.15) is 0 Å². The van der Waals surface area contributed by atoms with Crippen molar-refractivity contribution >= 4 is 11.8 Å². The minimum Gasteiger partial charge on any atom is -0.307 e. The van der Waals surface area contributed by atoms with Gasteiger partial charge in [-0.2, -0.15) is 0 Å². The van der Waals surface area contributed by atoms with Gasteiger partial charge in [-0.1, -0.05) is 0 Å². The molecule has 0 aromatic rings. The highest BCUT2D eigenvalue weighted by atomic mass is 32.2. The molecule has 3 heteroatoms. The fourth-order valence-electron chi connectivity index (χ4n) is 1.10. The summed E-state index contributed by atoms with van der Waals surface area (Å²) < 4.78 is 0. The fraction of sp³-hybridized carbons (Fsp3) is 1.00. The van der Waals surface area contributed by atoms with E-state index in [4.69, 9.17) is 0 Å². The van der Waals surface area contributed by atoms with Crippen LogP contribution in [0.15, 0.2) is 0 Å². The summed E-state index contributed by atoms with van der Waals surface area (Å²) in [4.78, 5) is 2.41. The lowest BCUT2D eigenvalue weighted by molar-refractivity contribution is 0.275. The third-order valence-electron chi connectivity index (χ3n) is 2.17. The third kappa shape index (κ3) is 3.01. The van der Waals surface area contributed by atoms with E-state index in [1.807, 2.05) is 11.8 Å². The minimum atomic E-state index is 0.677. The second-order valence-corrected chi connectivity index (χ2v) is 4.71. The summed E-state index contributed by atoms with van der Waals surface area (Å²) in [6, 6.07) is 0.677. The Bertz CT molecular complexity index is 111. The molecular formula is C8H18N2S. The van der Waals surface area contributed by atoms with Gasteiger partial charge in [0.05, 0.1) is 0 Å². The Morgan fingerprint density at radius 1 is 1.64 bits per heavy atom. The van der Waals surface area contributed by atoms with Gasteiger partial charge in [0.25, 0.3) is 0 Å². The first-order valence-corrected chi connectivity index (χ1v) is 5.27. The summed E-state index contributed by atoms with van der Waals surface area (Å²) in [5.41, 5.74) is 0. The van der Waals surface area contributed by atoms with Crippen LogP contribution in [0, 0.1) is 0 Å². The molecule has 1 saturated heterocycles. The predicted octanol–water partition coefficient (Wildman–Crippen LogP) is 0.989. The highest BCUT2D eigenvalue weighted by molar-refractivity contribution is 8.00. The summed E-state index contributed by atoms with van der Waals surface area (Å²) in [5, 5.41) is 4.16. The Kier molecular flexibility index (Phi) is 3.69. The molecule has 0 radical (unpaired) electrons. The molecule has 1 aliphatic rings. The standard InChI is InChI=1S/C8H18N2S/c1-7(2)10(3)5-8-4-9-6-11-8/h7-9H,4-6H2,1-3H3. The molecule has 1 N–H and O–H groups in total. The first kappa shape index (κ1) is 9.36. The number of thioether (sulfide) groups is 1. The molecule has 1 unspecified atom stereocenters. The van der Waals surface area contributed by atoms with Gasteiger partial charge in [0.15, 0.2) is 0 Å². The topological polar surface area (TPSA) is 15.3 Å². The number of hydrogen-bond donors (Lipinski definition) is 1. The van der Waals surface area contributed by atoms with Gasteiger partial charge in [0, 0.05) is 30.3 Å². The van der Waals surface area contributed by atoms with Crippen LogP contribution in [-0.4, -0.2) is 42.2 Å². The van der Waals surface area contributed by atoms with Crippen molar-refractivity contribution in [2.75, 3.05) is 26.0 Å². The van der Waals surface area contributed by atoms with Gasteiger partial charge >= 0.3 is 0 Å². The van der Waals surface area contributed by atoms with Crippen LogP contribution in [0.5, 0.6) is 0 Å². The summed E-state index contributed by atoms with van der Waals surface area (Å²) in [6.07, 6.45) is 0. The summed E-state index contributed by atoms with van der Waals surface area (Å²) in [7, 11) is 2.20. The minimum absolute atomic E-state index is 0.677. The molecule has 66 valence electrons. The zero-order valence-electron chi connectivity index (χ0n) is 7.63. The van der Waals surface area contributed by atoms with Crippen LogP contribution in [0.2, 0.25) is 0 Å². The summed E-state index contributed by atoms with van der Waals surface area (Å²) >= 11 is 2.04. The van der Waals surface area contributed by atoms with Crippen LogP contribution in [0.3, 0.4) is 0 Å². The molecule has 0 bridgehead atoms. The van der Waals surface area contributed by atoms with Gasteiger partial charge < -0.3 is 10.2 Å². The molecule has 0 amide bonds. The molecule has 1 heterocycles. The molecule has 11 heavy (non-hydrogen) atoms. The molecule has 2 nitrogen and oxygen atoms in total. The lowest BCUT2D eigenvalue weighted by Crippen LogP contribution is -2.34. The largest absolute Gasteiger partial charge is 0.307 e. The molecule has 0 aliphatic carbocycles. The van der Waals surface area contributed by atoms with Crippen molar-refractivity contribution in [2.24, 2.45) is 0 Å². The number of nitrogens with zero attached hydrogens (tertiary/aromatic N) is 1. The maximum Gasteiger partial charge on any atom is 0.0421 e. The van der Waals surface area contributed by atoms with Crippen LogP contribution in [0.25, 0.3) is 0 Å². The summed E-state index contributed by atoms with van der Waals surface area (Å²) in [5.74, 6) is 1.14. The van der Waals surface area contributed by atoms with Crippen LogP contribution in [0.1, 0.15) is 13.8 Å². The van der Waals surface area contributed by atoms with Crippen LogP contribution in [0.4, 0.5) is 0 Å². The van der Waals surface area contributed by atoms with E-state index < -0.39 is 0 Å². The summed E-state index contributed by atoms with van der Waals surface area (Å²) in [6.45, 7) is 6.89. The predicted molar refractivity (Wildman–Crippen MR) is 52.0 cm³/mol. The fourth-order valence-corrected chi connectivity index (χ4v) is 2.15. The maximum absolute atomic E-state index is 3.35. The van der Waals surface area contributed by atoms with Gasteiger partial charge in [-0.3, -0.25) is 0 Å². The number of hydrogen-bond acceptors (Lipinski definition) is 3. The smallest absolute Gasteiger partial charge is 0.0421 e. The highest BCUT2D eigenvalue weighted by Gasteiger charge is 2.17. The number of rotatable bonds is 3. The van der Waals surface area contributed by atoms with Crippen molar-refractivity contribution in [1.82, 2.24) is 10.2 Å². The van der Waals surface area contributed by atoms with E-state index in [9.17, 15) is 0 Å². The number of nitrogens with one attached hydrogen (secondary N) is 1. The van der Waals surface area contributed by atoms with E-state index in [1.54, 1.807) is 0 Å². The van der Waals surface area contributed by atoms with Crippen LogP contribution in [-0.2, 0) is 0 Å². The van der Waals surface area contributed by atoms with E-state index in [1.165, 1.54) is 13.1 Å². The monoisotopic (exact) mass is 174 g/mol. The zero-order valence-corrected chi connectivity index (χ0v) is 8.45. The first-order valence-electron chi connectivity index (χ1n) is 4.22. The van der Waals surface area contributed by atoms with Gasteiger partial charge in [-0.25, -0.2) is 0 Å². The Balaban J connectivity index is 2.18. The van der Waals surface area contributed by atoms with E-state index >= 15 is 0 Å². The van der Waals surface area contributed by atoms with Crippen molar-refractivity contribution in [3.63, 3.8) is 0 Å². The third-order valence-corrected chi connectivity index (χ3v) is 3.32. The highest BCUT2D eigenvalue weighted by Crippen LogP contribution is 2.15. The molecule has 0 aromatic heterocycles. The lowest BCUT2D eigenvalue weighted by Gasteiger charge is -2.23. The van der Waals surface area contributed by atoms with E-state index in [2.05, 4.69) is 31.1 Å². The van der Waals surface area contributed by atoms with E-state index in [-0.39, 0.29) is 0 Å². The molecule has 0 aromatic carbocycles. The van der Waals surface area contributed by atoms with Crippen LogP contribution < -0.4 is 5.32 Å². The average molecular weight is 174 g/mol. The molecule has 1 rings (SSSR count). The van der Waals surface area contributed by atoms with Crippen molar-refractivity contribution in [1.29, 1.82) is 0 Å².